The van der Waals surface area contributed by atoms with Crippen LogP contribution < -0.4 is 0 Å². The van der Waals surface area contributed by atoms with Gasteiger partial charge in [0, 0.05) is 46.9 Å². The molecule has 3 atom stereocenters. The summed E-state index contributed by atoms with van der Waals surface area (Å²) in [6.07, 6.45) is 3.84. The first-order chi connectivity index (χ1) is 17.4. The number of benzene rings is 1. The Hall–Kier alpha value is -2.82. The van der Waals surface area contributed by atoms with Crippen LogP contribution >= 0.6 is 22.9 Å². The van der Waals surface area contributed by atoms with Crippen LogP contribution in [0.15, 0.2) is 46.0 Å². The average Bonchev–Trinajstić information content (AvgIpc) is 3.63. The van der Waals surface area contributed by atoms with Crippen LogP contribution in [0.4, 0.5) is 4.39 Å². The summed E-state index contributed by atoms with van der Waals surface area (Å²) in [6.45, 7) is 3.24. The molecule has 0 saturated carbocycles. The summed E-state index contributed by atoms with van der Waals surface area (Å²) in [7, 11) is 1.41. The molecule has 2 fully saturated rings. The van der Waals surface area contributed by atoms with Gasteiger partial charge in [-0.2, -0.15) is 0 Å². The number of hydrogen-bond acceptors (Lipinski definition) is 9. The number of methoxy groups -OCH3 is 1. The minimum absolute atomic E-state index is 0.0383. The van der Waals surface area contributed by atoms with Crippen molar-refractivity contribution in [2.24, 2.45) is 4.99 Å². The highest BCUT2D eigenvalue weighted by Crippen LogP contribution is 2.44. The van der Waals surface area contributed by atoms with Crippen LogP contribution in [0, 0.1) is 5.82 Å². The topological polar surface area (TPSA) is 84.3 Å². The summed E-state index contributed by atoms with van der Waals surface area (Å²) in [4.78, 5) is 39.4. The highest BCUT2D eigenvalue weighted by Gasteiger charge is 2.46. The lowest BCUT2D eigenvalue weighted by Crippen LogP contribution is -2.45. The summed E-state index contributed by atoms with van der Waals surface area (Å²) >= 11 is 7.90. The Labute approximate surface area is 217 Å². The van der Waals surface area contributed by atoms with E-state index in [4.69, 9.17) is 26.1 Å². The van der Waals surface area contributed by atoms with Crippen molar-refractivity contribution >= 4 is 40.7 Å². The average molecular weight is 533 g/mol. The lowest BCUT2D eigenvalue weighted by atomic mass is 9.94. The van der Waals surface area contributed by atoms with Gasteiger partial charge in [-0.15, -0.1) is 11.3 Å². The van der Waals surface area contributed by atoms with Crippen molar-refractivity contribution in [3.05, 3.63) is 62.5 Å². The number of carbonyl (C=O) groups excluding carboxylic acids is 2. The van der Waals surface area contributed by atoms with E-state index in [1.807, 2.05) is 10.3 Å². The first-order valence-corrected chi connectivity index (χ1v) is 13.1. The number of aliphatic imine (C=N–C) groups is 1. The first-order valence-electron chi connectivity index (χ1n) is 11.9. The Bertz CT molecular complexity index is 1230. The summed E-state index contributed by atoms with van der Waals surface area (Å²) in [5.74, 6) is -0.590. The monoisotopic (exact) mass is 532 g/mol. The number of rotatable bonds is 6. The molecule has 11 heteroatoms. The van der Waals surface area contributed by atoms with E-state index in [0.29, 0.717) is 34.9 Å². The van der Waals surface area contributed by atoms with Crippen LogP contribution in [-0.4, -0.2) is 71.4 Å². The van der Waals surface area contributed by atoms with Gasteiger partial charge in [-0.25, -0.2) is 14.2 Å². The van der Waals surface area contributed by atoms with Crippen LogP contribution in [-0.2, 0) is 19.1 Å². The number of amidine groups is 1. The Morgan fingerprint density at radius 2 is 2.17 bits per heavy atom. The van der Waals surface area contributed by atoms with E-state index >= 15 is 0 Å². The maximum atomic E-state index is 13.9. The van der Waals surface area contributed by atoms with Gasteiger partial charge in [0.05, 0.1) is 19.3 Å². The van der Waals surface area contributed by atoms with Crippen molar-refractivity contribution < 1.29 is 23.5 Å². The molecule has 5 rings (SSSR count). The number of likely N-dealkylation sites (tertiary alicyclic amines) is 1. The third-order valence-electron chi connectivity index (χ3n) is 6.85. The second-order valence-corrected chi connectivity index (χ2v) is 10.1. The van der Waals surface area contributed by atoms with Crippen molar-refractivity contribution in [2.45, 2.75) is 44.3 Å². The van der Waals surface area contributed by atoms with E-state index < -0.39 is 17.8 Å². The van der Waals surface area contributed by atoms with Crippen molar-refractivity contribution in [3.8, 4) is 0 Å². The number of carbonyl (C=O) groups is 2. The maximum Gasteiger partial charge on any atom is 0.338 e. The van der Waals surface area contributed by atoms with Gasteiger partial charge in [0.2, 0.25) is 0 Å². The SMILES string of the molecule is CCOC(=O)C1=C2C[C@H](N3CCCC3C(=O)OC)CN2C(c2nccs2)=N[C@H]1c1ccc(F)cc1Cl. The van der Waals surface area contributed by atoms with Gasteiger partial charge in [0.25, 0.3) is 0 Å². The molecule has 0 aliphatic carbocycles. The molecule has 0 spiro atoms. The number of aromatic nitrogens is 1. The van der Waals surface area contributed by atoms with Crippen LogP contribution in [0.3, 0.4) is 0 Å². The molecule has 36 heavy (non-hydrogen) atoms. The highest BCUT2D eigenvalue weighted by molar-refractivity contribution is 7.11. The number of hydrogen-bond donors (Lipinski definition) is 0. The third kappa shape index (κ3) is 4.42. The molecule has 190 valence electrons. The van der Waals surface area contributed by atoms with Gasteiger partial charge >= 0.3 is 11.9 Å². The van der Waals surface area contributed by atoms with E-state index in [-0.39, 0.29) is 29.7 Å². The molecule has 1 aromatic carbocycles. The molecule has 0 radical (unpaired) electrons. The molecule has 2 aromatic rings. The highest BCUT2D eigenvalue weighted by atomic mass is 35.5. The Kier molecular flexibility index (Phi) is 7.09. The zero-order valence-corrected chi connectivity index (χ0v) is 21.5. The summed E-state index contributed by atoms with van der Waals surface area (Å²) < 4.78 is 24.4. The smallest absolute Gasteiger partial charge is 0.338 e. The largest absolute Gasteiger partial charge is 0.468 e. The molecule has 3 aliphatic heterocycles. The summed E-state index contributed by atoms with van der Waals surface area (Å²) in [5, 5.41) is 2.74. The fourth-order valence-corrected chi connectivity index (χ4v) is 6.24. The first kappa shape index (κ1) is 24.9. The molecule has 0 N–H and O–H groups in total. The zero-order chi connectivity index (χ0) is 25.4. The molecule has 3 aliphatic rings. The normalized spacial score (nSPS) is 24.1. The summed E-state index contributed by atoms with van der Waals surface area (Å²) in [5.41, 5.74) is 1.65. The number of fused-ring (bicyclic) bond motifs is 1. The molecule has 1 unspecified atom stereocenters. The van der Waals surface area contributed by atoms with Crippen molar-refractivity contribution in [1.82, 2.24) is 14.8 Å². The number of nitrogens with zero attached hydrogens (tertiary/aromatic N) is 4. The number of thiazole rings is 1. The number of ether oxygens (including phenoxy) is 2. The van der Waals surface area contributed by atoms with Gasteiger partial charge in [0.1, 0.15) is 17.9 Å². The second-order valence-electron chi connectivity index (χ2n) is 8.83. The minimum atomic E-state index is -0.781. The van der Waals surface area contributed by atoms with Gasteiger partial charge < -0.3 is 14.4 Å². The van der Waals surface area contributed by atoms with E-state index in [1.165, 1.54) is 30.6 Å². The van der Waals surface area contributed by atoms with Gasteiger partial charge in [-0.3, -0.25) is 14.7 Å². The standard InChI is InChI=1S/C25H26ClFN4O4S/c1-3-35-25(33)20-19-12-15(30-9-4-5-18(30)24(32)34-2)13-31(19)22(23-28-8-10-36-23)29-21(20)16-7-6-14(27)11-17(16)26/h6-8,10-11,15,18,21H,3-5,9,12-13H2,1-2H3/t15-,18?,21-/m0/s1. The van der Waals surface area contributed by atoms with Gasteiger partial charge in [0.15, 0.2) is 10.8 Å². The summed E-state index contributed by atoms with van der Waals surface area (Å²) in [6, 6.07) is 2.94. The molecule has 1 aromatic heterocycles. The number of halogens is 2. The van der Waals surface area contributed by atoms with Crippen molar-refractivity contribution in [1.29, 1.82) is 0 Å². The predicted octanol–water partition coefficient (Wildman–Crippen LogP) is 3.97. The molecule has 2 saturated heterocycles. The van der Waals surface area contributed by atoms with Crippen LogP contribution in [0.1, 0.15) is 42.8 Å². The van der Waals surface area contributed by atoms with Crippen LogP contribution in [0.2, 0.25) is 5.02 Å². The second kappa shape index (κ2) is 10.3. The van der Waals surface area contributed by atoms with Gasteiger partial charge in [-0.1, -0.05) is 17.7 Å². The zero-order valence-electron chi connectivity index (χ0n) is 19.9. The lowest BCUT2D eigenvalue weighted by molar-refractivity contribution is -0.146. The van der Waals surface area contributed by atoms with Crippen LogP contribution in [0.25, 0.3) is 0 Å². The predicted molar refractivity (Wildman–Crippen MR) is 133 cm³/mol. The maximum absolute atomic E-state index is 13.9. The van der Waals surface area contributed by atoms with Crippen LogP contribution in [0.5, 0.6) is 0 Å². The van der Waals surface area contributed by atoms with E-state index in [1.54, 1.807) is 19.2 Å². The number of esters is 2. The van der Waals surface area contributed by atoms with E-state index in [2.05, 4.69) is 9.88 Å². The van der Waals surface area contributed by atoms with Gasteiger partial charge in [-0.05, 0) is 38.4 Å². The third-order valence-corrected chi connectivity index (χ3v) is 7.95. The Balaban J connectivity index is 1.63. The quantitative estimate of drug-likeness (QED) is 0.520. The van der Waals surface area contributed by atoms with E-state index in [9.17, 15) is 14.0 Å². The minimum Gasteiger partial charge on any atom is -0.468 e. The molecule has 0 bridgehead atoms. The fraction of sp³-hybridized carbons (Fsp3) is 0.440. The van der Waals surface area contributed by atoms with E-state index in [0.717, 1.165) is 25.1 Å². The van der Waals surface area contributed by atoms with Crippen molar-refractivity contribution in [2.75, 3.05) is 26.8 Å². The molecule has 8 nitrogen and oxygen atoms in total. The Morgan fingerprint density at radius 3 is 2.86 bits per heavy atom. The fourth-order valence-electron chi connectivity index (χ4n) is 5.33. The molecule has 0 amide bonds. The Morgan fingerprint density at radius 1 is 1.33 bits per heavy atom. The molecular formula is C25H26ClFN4O4S. The lowest BCUT2D eigenvalue weighted by Gasteiger charge is -2.32. The molecule has 4 heterocycles. The van der Waals surface area contributed by atoms with Crippen molar-refractivity contribution in [3.63, 3.8) is 0 Å². The molecular weight excluding hydrogens is 507 g/mol.